The molecule has 2 N–H and O–H groups in total. The van der Waals surface area contributed by atoms with Crippen molar-refractivity contribution in [2.45, 2.75) is 19.8 Å². The number of carbonyl (C=O) groups excluding carboxylic acids is 3. The van der Waals surface area contributed by atoms with Gasteiger partial charge in [0, 0.05) is 25.1 Å². The van der Waals surface area contributed by atoms with Crippen molar-refractivity contribution < 1.29 is 23.5 Å². The third-order valence-electron chi connectivity index (χ3n) is 2.70. The molecule has 0 saturated carbocycles. The fourth-order valence-corrected chi connectivity index (χ4v) is 1.62. The largest absolute Gasteiger partial charge is 0.466 e. The molecule has 0 fully saturated rings. The van der Waals surface area contributed by atoms with E-state index in [2.05, 4.69) is 10.6 Å². The Kier molecular flexibility index (Phi) is 7.60. The Labute approximate surface area is 128 Å². The lowest BCUT2D eigenvalue weighted by molar-refractivity contribution is -0.144. The van der Waals surface area contributed by atoms with Crippen LogP contribution < -0.4 is 10.6 Å². The second kappa shape index (κ2) is 9.49. The fourth-order valence-electron chi connectivity index (χ4n) is 1.62. The topological polar surface area (TPSA) is 84.5 Å². The first-order valence-corrected chi connectivity index (χ1v) is 6.99. The van der Waals surface area contributed by atoms with Crippen LogP contribution in [-0.4, -0.2) is 37.5 Å². The molecule has 0 spiro atoms. The molecule has 0 aliphatic carbocycles. The molecular weight excluding hydrogens is 291 g/mol. The number of amides is 2. The Bertz CT molecular complexity index is 517. The number of ether oxygens (including phenoxy) is 1. The quantitative estimate of drug-likeness (QED) is 0.554. The summed E-state index contributed by atoms with van der Waals surface area (Å²) >= 11 is 0. The first-order chi connectivity index (χ1) is 10.5. The van der Waals surface area contributed by atoms with E-state index in [4.69, 9.17) is 4.74 Å². The number of halogens is 1. The molecule has 0 saturated heterocycles. The SMILES string of the molecule is CCOC(=O)CCC(=O)NCCNC(=O)c1ccc(F)cc1. The summed E-state index contributed by atoms with van der Waals surface area (Å²) in [5, 5.41) is 5.17. The minimum absolute atomic E-state index is 0.0294. The van der Waals surface area contributed by atoms with Crippen LogP contribution in [0.2, 0.25) is 0 Å². The number of nitrogens with one attached hydrogen (secondary N) is 2. The monoisotopic (exact) mass is 310 g/mol. The van der Waals surface area contributed by atoms with E-state index in [9.17, 15) is 18.8 Å². The Morgan fingerprint density at radius 3 is 2.32 bits per heavy atom. The molecule has 120 valence electrons. The minimum Gasteiger partial charge on any atom is -0.466 e. The van der Waals surface area contributed by atoms with E-state index in [1.54, 1.807) is 6.92 Å². The minimum atomic E-state index is -0.415. The van der Waals surface area contributed by atoms with E-state index in [0.29, 0.717) is 5.56 Å². The number of rotatable bonds is 8. The van der Waals surface area contributed by atoms with Gasteiger partial charge in [0.25, 0.3) is 5.91 Å². The molecule has 6 nitrogen and oxygen atoms in total. The van der Waals surface area contributed by atoms with Crippen LogP contribution in [0.5, 0.6) is 0 Å². The first-order valence-electron chi connectivity index (χ1n) is 6.99. The second-order valence-electron chi connectivity index (χ2n) is 4.42. The van der Waals surface area contributed by atoms with Gasteiger partial charge in [-0.2, -0.15) is 0 Å². The normalized spacial score (nSPS) is 9.91. The molecule has 0 radical (unpaired) electrons. The van der Waals surface area contributed by atoms with Gasteiger partial charge in [-0.3, -0.25) is 14.4 Å². The lowest BCUT2D eigenvalue weighted by atomic mass is 10.2. The third-order valence-corrected chi connectivity index (χ3v) is 2.70. The summed E-state index contributed by atoms with van der Waals surface area (Å²) in [6.07, 6.45) is 0.0757. The lowest BCUT2D eigenvalue weighted by Crippen LogP contribution is -2.34. The van der Waals surface area contributed by atoms with Gasteiger partial charge in [0.2, 0.25) is 5.91 Å². The van der Waals surface area contributed by atoms with E-state index in [-0.39, 0.29) is 44.4 Å². The van der Waals surface area contributed by atoms with Gasteiger partial charge in [0.15, 0.2) is 0 Å². The summed E-state index contributed by atoms with van der Waals surface area (Å²) in [5.74, 6) is -1.46. The van der Waals surface area contributed by atoms with E-state index in [1.165, 1.54) is 24.3 Å². The average molecular weight is 310 g/mol. The molecule has 1 rings (SSSR count). The highest BCUT2D eigenvalue weighted by molar-refractivity contribution is 5.94. The summed E-state index contributed by atoms with van der Waals surface area (Å²) in [4.78, 5) is 34.2. The predicted octanol–water partition coefficient (Wildman–Crippen LogP) is 1.01. The summed E-state index contributed by atoms with van der Waals surface area (Å²) in [7, 11) is 0. The summed E-state index contributed by atoms with van der Waals surface area (Å²) in [6.45, 7) is 2.47. The number of hydrogen-bond acceptors (Lipinski definition) is 4. The molecule has 0 unspecified atom stereocenters. The predicted molar refractivity (Wildman–Crippen MR) is 77.6 cm³/mol. The van der Waals surface area contributed by atoms with Gasteiger partial charge >= 0.3 is 5.97 Å². The van der Waals surface area contributed by atoms with Crippen molar-refractivity contribution in [3.05, 3.63) is 35.6 Å². The number of hydrogen-bond donors (Lipinski definition) is 2. The van der Waals surface area contributed by atoms with Crippen LogP contribution in [0.1, 0.15) is 30.1 Å². The van der Waals surface area contributed by atoms with E-state index in [1.807, 2.05) is 0 Å². The van der Waals surface area contributed by atoms with Crippen molar-refractivity contribution in [2.24, 2.45) is 0 Å². The Hall–Kier alpha value is -2.44. The molecule has 1 aromatic carbocycles. The lowest BCUT2D eigenvalue weighted by Gasteiger charge is -2.07. The zero-order chi connectivity index (χ0) is 16.4. The van der Waals surface area contributed by atoms with Crippen molar-refractivity contribution in [3.63, 3.8) is 0 Å². The Balaban J connectivity index is 2.16. The summed E-state index contributed by atoms with van der Waals surface area (Å²) in [5.41, 5.74) is 0.343. The number of carbonyl (C=O) groups is 3. The molecule has 0 aliphatic rings. The molecule has 0 atom stereocenters. The highest BCUT2D eigenvalue weighted by Gasteiger charge is 2.08. The maximum Gasteiger partial charge on any atom is 0.306 e. The highest BCUT2D eigenvalue weighted by atomic mass is 19.1. The van der Waals surface area contributed by atoms with Gasteiger partial charge in [-0.05, 0) is 31.2 Å². The number of esters is 1. The highest BCUT2D eigenvalue weighted by Crippen LogP contribution is 2.02. The van der Waals surface area contributed by atoms with Crippen LogP contribution in [0, 0.1) is 5.82 Å². The first kappa shape index (κ1) is 17.6. The fraction of sp³-hybridized carbons (Fsp3) is 0.400. The van der Waals surface area contributed by atoms with Crippen molar-refractivity contribution >= 4 is 17.8 Å². The molecular formula is C15H19FN2O4. The molecule has 7 heteroatoms. The third kappa shape index (κ3) is 6.83. The van der Waals surface area contributed by atoms with Crippen molar-refractivity contribution in [1.29, 1.82) is 0 Å². The van der Waals surface area contributed by atoms with Crippen molar-refractivity contribution in [1.82, 2.24) is 10.6 Å². The van der Waals surface area contributed by atoms with Crippen LogP contribution in [0.25, 0.3) is 0 Å². The summed E-state index contributed by atoms with van der Waals surface area (Å²) < 4.78 is 17.4. The maximum atomic E-state index is 12.7. The van der Waals surface area contributed by atoms with Crippen LogP contribution in [0.4, 0.5) is 4.39 Å². The van der Waals surface area contributed by atoms with E-state index >= 15 is 0 Å². The van der Waals surface area contributed by atoms with Crippen LogP contribution in [-0.2, 0) is 14.3 Å². The van der Waals surface area contributed by atoms with Crippen molar-refractivity contribution in [2.75, 3.05) is 19.7 Å². The van der Waals surface area contributed by atoms with E-state index < -0.39 is 11.8 Å². The van der Waals surface area contributed by atoms with Crippen LogP contribution >= 0.6 is 0 Å². The molecule has 0 heterocycles. The van der Waals surface area contributed by atoms with Gasteiger partial charge in [0.05, 0.1) is 13.0 Å². The molecule has 0 aliphatic heterocycles. The van der Waals surface area contributed by atoms with Gasteiger partial charge in [0.1, 0.15) is 5.82 Å². The molecule has 0 bridgehead atoms. The smallest absolute Gasteiger partial charge is 0.306 e. The van der Waals surface area contributed by atoms with Crippen LogP contribution in [0.3, 0.4) is 0 Å². The number of benzene rings is 1. The summed E-state index contributed by atoms with van der Waals surface area (Å²) in [6, 6.07) is 5.16. The zero-order valence-corrected chi connectivity index (χ0v) is 12.4. The maximum absolute atomic E-state index is 12.7. The van der Waals surface area contributed by atoms with E-state index in [0.717, 1.165) is 0 Å². The van der Waals surface area contributed by atoms with Gasteiger partial charge in [-0.15, -0.1) is 0 Å². The standard InChI is InChI=1S/C15H19FN2O4/c1-2-22-14(20)8-7-13(19)17-9-10-18-15(21)11-3-5-12(16)6-4-11/h3-6H,2,7-10H2,1H3,(H,17,19)(H,18,21). The van der Waals surface area contributed by atoms with Gasteiger partial charge in [-0.25, -0.2) is 4.39 Å². The second-order valence-corrected chi connectivity index (χ2v) is 4.42. The Morgan fingerprint density at radius 1 is 1.05 bits per heavy atom. The van der Waals surface area contributed by atoms with Gasteiger partial charge in [-0.1, -0.05) is 0 Å². The molecule has 22 heavy (non-hydrogen) atoms. The van der Waals surface area contributed by atoms with Crippen LogP contribution in [0.15, 0.2) is 24.3 Å². The Morgan fingerprint density at radius 2 is 1.68 bits per heavy atom. The van der Waals surface area contributed by atoms with Crippen molar-refractivity contribution in [3.8, 4) is 0 Å². The molecule has 1 aromatic rings. The molecule has 0 aromatic heterocycles. The molecule has 2 amide bonds. The van der Waals surface area contributed by atoms with Gasteiger partial charge < -0.3 is 15.4 Å². The average Bonchev–Trinajstić information content (AvgIpc) is 2.50. The zero-order valence-electron chi connectivity index (χ0n) is 12.4.